The fraction of sp³-hybridized carbons (Fsp3) is 0.200. The van der Waals surface area contributed by atoms with Gasteiger partial charge in [-0.25, -0.2) is 9.78 Å². The van der Waals surface area contributed by atoms with Crippen molar-refractivity contribution in [2.24, 2.45) is 7.05 Å². The molecule has 0 spiro atoms. The highest BCUT2D eigenvalue weighted by Crippen LogP contribution is 2.23. The van der Waals surface area contributed by atoms with Gasteiger partial charge in [-0.2, -0.15) is 0 Å². The number of benzene rings is 1. The lowest BCUT2D eigenvalue weighted by Crippen LogP contribution is -2.09. The van der Waals surface area contributed by atoms with Crippen molar-refractivity contribution in [3.05, 3.63) is 46.8 Å². The van der Waals surface area contributed by atoms with Gasteiger partial charge in [-0.05, 0) is 19.1 Å². The fourth-order valence-corrected chi connectivity index (χ4v) is 2.63. The van der Waals surface area contributed by atoms with Gasteiger partial charge in [0.1, 0.15) is 5.69 Å². The molecule has 108 valence electrons. The fourth-order valence-electron chi connectivity index (χ4n) is 2.23. The summed E-state index contributed by atoms with van der Waals surface area (Å²) in [5.41, 5.74) is 2.36. The highest BCUT2D eigenvalue weighted by Gasteiger charge is 2.17. The maximum Gasteiger partial charge on any atom is 0.356 e. The number of carbonyl (C=O) groups is 1. The maximum absolute atomic E-state index is 11.8. The first-order valence-electron chi connectivity index (χ1n) is 6.57. The van der Waals surface area contributed by atoms with E-state index in [9.17, 15) is 4.79 Å². The number of esters is 1. The number of aromatic nitrogens is 3. The molecule has 2 aromatic heterocycles. The minimum atomic E-state index is -0.338. The van der Waals surface area contributed by atoms with E-state index >= 15 is 0 Å². The lowest BCUT2D eigenvalue weighted by molar-refractivity contribution is 0.0515. The van der Waals surface area contributed by atoms with Gasteiger partial charge in [-0.1, -0.05) is 28.1 Å². The third-order valence-corrected chi connectivity index (χ3v) is 3.73. The third kappa shape index (κ3) is 2.47. The van der Waals surface area contributed by atoms with Crippen molar-refractivity contribution in [2.75, 3.05) is 6.61 Å². The van der Waals surface area contributed by atoms with Crippen molar-refractivity contribution in [3.63, 3.8) is 0 Å². The SMILES string of the molecule is CCOC(=O)c1cn2cc(-c3cccc(Br)c3)nc2n1C. The molecule has 1 aromatic carbocycles. The second-order valence-corrected chi connectivity index (χ2v) is 5.55. The molecule has 0 atom stereocenters. The molecule has 3 rings (SSSR count). The Morgan fingerprint density at radius 1 is 1.38 bits per heavy atom. The van der Waals surface area contributed by atoms with Crippen LogP contribution in [0.2, 0.25) is 0 Å². The summed E-state index contributed by atoms with van der Waals surface area (Å²) in [4.78, 5) is 16.4. The first kappa shape index (κ1) is 13.9. The van der Waals surface area contributed by atoms with Crippen LogP contribution in [0.25, 0.3) is 17.0 Å². The third-order valence-electron chi connectivity index (χ3n) is 3.24. The van der Waals surface area contributed by atoms with Crippen molar-refractivity contribution in [2.45, 2.75) is 6.92 Å². The van der Waals surface area contributed by atoms with Gasteiger partial charge < -0.3 is 9.30 Å². The summed E-state index contributed by atoms with van der Waals surface area (Å²) in [5.74, 6) is 0.363. The molecular weight excluding hydrogens is 334 g/mol. The van der Waals surface area contributed by atoms with Crippen molar-refractivity contribution >= 4 is 27.7 Å². The Morgan fingerprint density at radius 2 is 2.19 bits per heavy atom. The van der Waals surface area contributed by atoms with Crippen LogP contribution in [0.4, 0.5) is 0 Å². The number of nitrogens with zero attached hydrogens (tertiary/aromatic N) is 3. The van der Waals surface area contributed by atoms with Crippen LogP contribution in [0.3, 0.4) is 0 Å². The Kier molecular flexibility index (Phi) is 3.55. The standard InChI is InChI=1S/C15H14BrN3O2/c1-3-21-14(20)13-9-19-8-12(17-15(19)18(13)2)10-5-4-6-11(16)7-10/h4-9H,3H2,1-2H3. The Labute approximate surface area is 130 Å². The number of hydrogen-bond donors (Lipinski definition) is 0. The van der Waals surface area contributed by atoms with Crippen molar-refractivity contribution in [3.8, 4) is 11.3 Å². The van der Waals surface area contributed by atoms with Gasteiger partial charge in [0.15, 0.2) is 0 Å². The number of aryl methyl sites for hydroxylation is 1. The average molecular weight is 348 g/mol. The molecule has 0 saturated heterocycles. The molecular formula is C15H14BrN3O2. The summed E-state index contributed by atoms with van der Waals surface area (Å²) in [5, 5.41) is 0. The number of halogens is 1. The summed E-state index contributed by atoms with van der Waals surface area (Å²) in [6.07, 6.45) is 3.64. The predicted octanol–water partition coefficient (Wildman–Crippen LogP) is 3.28. The van der Waals surface area contributed by atoms with E-state index in [0.717, 1.165) is 15.7 Å². The molecule has 21 heavy (non-hydrogen) atoms. The van der Waals surface area contributed by atoms with Crippen LogP contribution in [0.1, 0.15) is 17.4 Å². The van der Waals surface area contributed by atoms with Crippen LogP contribution in [0.15, 0.2) is 41.1 Å². The highest BCUT2D eigenvalue weighted by atomic mass is 79.9. The number of carbonyl (C=O) groups excluding carboxylic acids is 1. The topological polar surface area (TPSA) is 48.5 Å². The summed E-state index contributed by atoms with van der Waals surface area (Å²) < 4.78 is 9.61. The second kappa shape index (κ2) is 5.37. The normalized spacial score (nSPS) is 11.0. The quantitative estimate of drug-likeness (QED) is 0.683. The summed E-state index contributed by atoms with van der Waals surface area (Å²) in [6, 6.07) is 7.94. The van der Waals surface area contributed by atoms with Gasteiger partial charge in [-0.3, -0.25) is 4.40 Å². The van der Waals surface area contributed by atoms with Gasteiger partial charge in [-0.15, -0.1) is 0 Å². The summed E-state index contributed by atoms with van der Waals surface area (Å²) in [6.45, 7) is 2.15. The van der Waals surface area contributed by atoms with Gasteiger partial charge in [0, 0.05) is 29.5 Å². The largest absolute Gasteiger partial charge is 0.461 e. The van der Waals surface area contributed by atoms with E-state index in [4.69, 9.17) is 4.74 Å². The molecule has 3 aromatic rings. The van der Waals surface area contributed by atoms with E-state index in [2.05, 4.69) is 20.9 Å². The molecule has 0 saturated carbocycles. The Bertz CT molecular complexity index is 820. The Morgan fingerprint density at radius 3 is 2.86 bits per heavy atom. The minimum Gasteiger partial charge on any atom is -0.461 e. The number of rotatable bonds is 3. The van der Waals surface area contributed by atoms with Crippen LogP contribution in [0.5, 0.6) is 0 Å². The molecule has 0 amide bonds. The maximum atomic E-state index is 11.8. The zero-order chi connectivity index (χ0) is 15.0. The Hall–Kier alpha value is -2.08. The molecule has 5 nitrogen and oxygen atoms in total. The molecule has 0 fully saturated rings. The Balaban J connectivity index is 2.05. The van der Waals surface area contributed by atoms with E-state index in [1.54, 1.807) is 24.7 Å². The van der Waals surface area contributed by atoms with Gasteiger partial charge in [0.25, 0.3) is 0 Å². The van der Waals surface area contributed by atoms with Crippen LogP contribution in [-0.2, 0) is 11.8 Å². The molecule has 0 radical (unpaired) electrons. The first-order valence-corrected chi connectivity index (χ1v) is 7.37. The van der Waals surface area contributed by atoms with E-state index in [-0.39, 0.29) is 5.97 Å². The number of hydrogen-bond acceptors (Lipinski definition) is 3. The number of ether oxygens (including phenoxy) is 1. The van der Waals surface area contributed by atoms with E-state index in [0.29, 0.717) is 18.1 Å². The number of fused-ring (bicyclic) bond motifs is 1. The van der Waals surface area contributed by atoms with Gasteiger partial charge >= 0.3 is 5.97 Å². The molecule has 0 aliphatic rings. The summed E-state index contributed by atoms with van der Waals surface area (Å²) in [7, 11) is 1.80. The smallest absolute Gasteiger partial charge is 0.356 e. The van der Waals surface area contributed by atoms with Crippen LogP contribution in [-0.4, -0.2) is 26.5 Å². The van der Waals surface area contributed by atoms with Crippen LogP contribution < -0.4 is 0 Å². The van der Waals surface area contributed by atoms with Crippen molar-refractivity contribution in [1.82, 2.24) is 14.0 Å². The van der Waals surface area contributed by atoms with E-state index < -0.39 is 0 Å². The highest BCUT2D eigenvalue weighted by molar-refractivity contribution is 9.10. The van der Waals surface area contributed by atoms with Gasteiger partial charge in [0.2, 0.25) is 5.78 Å². The number of imidazole rings is 2. The first-order chi connectivity index (χ1) is 10.1. The zero-order valence-electron chi connectivity index (χ0n) is 11.7. The van der Waals surface area contributed by atoms with Crippen molar-refractivity contribution < 1.29 is 9.53 Å². The van der Waals surface area contributed by atoms with Gasteiger partial charge in [0.05, 0.1) is 12.3 Å². The minimum absolute atomic E-state index is 0.338. The second-order valence-electron chi connectivity index (χ2n) is 4.64. The van der Waals surface area contributed by atoms with E-state index in [1.807, 2.05) is 34.9 Å². The van der Waals surface area contributed by atoms with Crippen LogP contribution >= 0.6 is 15.9 Å². The monoisotopic (exact) mass is 347 g/mol. The van der Waals surface area contributed by atoms with E-state index in [1.165, 1.54) is 0 Å². The predicted molar refractivity (Wildman–Crippen MR) is 83.3 cm³/mol. The molecule has 6 heteroatoms. The van der Waals surface area contributed by atoms with Crippen molar-refractivity contribution in [1.29, 1.82) is 0 Å². The lowest BCUT2D eigenvalue weighted by atomic mass is 10.2. The molecule has 0 aliphatic carbocycles. The molecule has 0 aliphatic heterocycles. The molecule has 0 unspecified atom stereocenters. The molecule has 2 heterocycles. The van der Waals surface area contributed by atoms with Crippen LogP contribution in [0, 0.1) is 0 Å². The molecule has 0 bridgehead atoms. The average Bonchev–Trinajstić information content (AvgIpc) is 2.99. The summed E-state index contributed by atoms with van der Waals surface area (Å²) >= 11 is 3.46. The molecule has 0 N–H and O–H groups in total. The lowest BCUT2D eigenvalue weighted by Gasteiger charge is -2.01. The zero-order valence-corrected chi connectivity index (χ0v) is 13.3.